The molecule has 138 valence electrons. The molecular formula is C21H27N3O2. The summed E-state index contributed by atoms with van der Waals surface area (Å²) in [6.07, 6.45) is 6.39. The Balaban J connectivity index is 1.71. The summed E-state index contributed by atoms with van der Waals surface area (Å²) >= 11 is 0. The smallest absolute Gasteiger partial charge is 0.232 e. The molecule has 0 unspecified atom stereocenters. The molecule has 1 aromatic carbocycles. The summed E-state index contributed by atoms with van der Waals surface area (Å²) in [5, 5.41) is 4.42. The summed E-state index contributed by atoms with van der Waals surface area (Å²) in [5.74, 6) is 1.08. The second-order valence-electron chi connectivity index (χ2n) is 7.33. The molecule has 0 radical (unpaired) electrons. The minimum Gasteiger partial charge on any atom is -0.340 e. The number of carbonyl (C=O) groups excluding carboxylic acids is 1. The van der Waals surface area contributed by atoms with Gasteiger partial charge in [-0.1, -0.05) is 42.4 Å². The molecule has 1 saturated heterocycles. The van der Waals surface area contributed by atoms with Gasteiger partial charge in [0.15, 0.2) is 0 Å². The van der Waals surface area contributed by atoms with E-state index in [1.165, 1.54) is 19.3 Å². The van der Waals surface area contributed by atoms with E-state index in [0.29, 0.717) is 19.0 Å². The molecule has 2 heterocycles. The highest BCUT2D eigenvalue weighted by Crippen LogP contribution is 2.36. The lowest BCUT2D eigenvalue weighted by Crippen LogP contribution is -2.34. The summed E-state index contributed by atoms with van der Waals surface area (Å²) < 4.78 is 5.84. The maximum absolute atomic E-state index is 12.5. The number of anilines is 1. The number of carbonyl (C=O) groups is 1. The van der Waals surface area contributed by atoms with Crippen LogP contribution in [0.4, 0.5) is 5.88 Å². The highest BCUT2D eigenvalue weighted by Gasteiger charge is 2.34. The summed E-state index contributed by atoms with van der Waals surface area (Å²) in [5.41, 5.74) is 2.99. The third-order valence-electron chi connectivity index (χ3n) is 5.40. The van der Waals surface area contributed by atoms with Crippen LogP contribution in [-0.4, -0.2) is 35.1 Å². The molecule has 1 amide bonds. The van der Waals surface area contributed by atoms with Crippen LogP contribution in [0.25, 0.3) is 11.3 Å². The molecule has 0 spiro atoms. The number of amides is 1. The summed E-state index contributed by atoms with van der Waals surface area (Å²) in [4.78, 5) is 16.9. The van der Waals surface area contributed by atoms with Gasteiger partial charge in [-0.15, -0.1) is 0 Å². The van der Waals surface area contributed by atoms with Crippen LogP contribution in [-0.2, 0) is 11.3 Å². The van der Waals surface area contributed by atoms with Crippen LogP contribution in [0.3, 0.4) is 0 Å². The molecule has 26 heavy (non-hydrogen) atoms. The fraction of sp³-hybridized carbons (Fsp3) is 0.524. The van der Waals surface area contributed by atoms with Gasteiger partial charge in [-0.2, -0.15) is 0 Å². The number of rotatable bonds is 6. The Labute approximate surface area is 155 Å². The van der Waals surface area contributed by atoms with Gasteiger partial charge in [-0.25, -0.2) is 0 Å². The predicted octanol–water partition coefficient (Wildman–Crippen LogP) is 4.23. The van der Waals surface area contributed by atoms with Gasteiger partial charge in [-0.05, 0) is 32.1 Å². The number of nitrogens with zero attached hydrogens (tertiary/aromatic N) is 3. The molecule has 4 rings (SSSR count). The Morgan fingerprint density at radius 1 is 1.19 bits per heavy atom. The molecule has 1 aliphatic heterocycles. The van der Waals surface area contributed by atoms with Crippen molar-refractivity contribution in [2.75, 3.05) is 18.0 Å². The third kappa shape index (κ3) is 3.48. The van der Waals surface area contributed by atoms with Gasteiger partial charge < -0.3 is 14.3 Å². The first-order chi connectivity index (χ1) is 12.8. The van der Waals surface area contributed by atoms with Crippen LogP contribution in [0.15, 0.2) is 34.9 Å². The third-order valence-corrected chi connectivity index (χ3v) is 5.40. The van der Waals surface area contributed by atoms with Crippen molar-refractivity contribution in [3.8, 4) is 11.3 Å². The Bertz CT molecular complexity index is 746. The Hall–Kier alpha value is -2.30. The lowest BCUT2D eigenvalue weighted by Gasteiger charge is -2.28. The molecule has 0 atom stereocenters. The molecule has 0 bridgehead atoms. The molecule has 0 N–H and O–H groups in total. The fourth-order valence-electron chi connectivity index (χ4n) is 3.79. The van der Waals surface area contributed by atoms with Crippen LogP contribution in [0, 0.1) is 0 Å². The van der Waals surface area contributed by atoms with E-state index in [9.17, 15) is 4.79 Å². The highest BCUT2D eigenvalue weighted by atomic mass is 16.5. The van der Waals surface area contributed by atoms with E-state index in [1.807, 2.05) is 30.0 Å². The maximum Gasteiger partial charge on any atom is 0.232 e. The van der Waals surface area contributed by atoms with Gasteiger partial charge in [0.2, 0.25) is 11.8 Å². The van der Waals surface area contributed by atoms with Crippen molar-refractivity contribution >= 4 is 11.8 Å². The first kappa shape index (κ1) is 17.1. The number of benzene rings is 1. The molecule has 2 fully saturated rings. The van der Waals surface area contributed by atoms with Crippen LogP contribution in [0.2, 0.25) is 0 Å². The van der Waals surface area contributed by atoms with Crippen molar-refractivity contribution in [1.29, 1.82) is 0 Å². The molecule has 1 aromatic heterocycles. The number of piperidine rings is 1. The fourth-order valence-corrected chi connectivity index (χ4v) is 3.79. The summed E-state index contributed by atoms with van der Waals surface area (Å²) in [6, 6.07) is 10.5. The van der Waals surface area contributed by atoms with E-state index in [0.717, 1.165) is 48.6 Å². The molecule has 2 aliphatic rings. The quantitative estimate of drug-likeness (QED) is 0.780. The maximum atomic E-state index is 12.5. The summed E-state index contributed by atoms with van der Waals surface area (Å²) in [6.45, 7) is 4.54. The largest absolute Gasteiger partial charge is 0.340 e. The van der Waals surface area contributed by atoms with Crippen molar-refractivity contribution in [2.45, 2.75) is 58.0 Å². The van der Waals surface area contributed by atoms with E-state index in [4.69, 9.17) is 4.52 Å². The van der Waals surface area contributed by atoms with Crippen LogP contribution in [0.1, 0.15) is 51.0 Å². The first-order valence-electron chi connectivity index (χ1n) is 9.86. The van der Waals surface area contributed by atoms with E-state index >= 15 is 0 Å². The average Bonchev–Trinajstić information content (AvgIpc) is 3.46. The average molecular weight is 353 g/mol. The van der Waals surface area contributed by atoms with Crippen LogP contribution < -0.4 is 4.90 Å². The lowest BCUT2D eigenvalue weighted by atomic mass is 10.1. The minimum absolute atomic E-state index is 0.220. The number of aromatic nitrogens is 1. The van der Waals surface area contributed by atoms with Crippen LogP contribution >= 0.6 is 0 Å². The van der Waals surface area contributed by atoms with E-state index < -0.39 is 0 Å². The minimum atomic E-state index is 0.220. The Morgan fingerprint density at radius 2 is 1.92 bits per heavy atom. The highest BCUT2D eigenvalue weighted by molar-refractivity contribution is 5.77. The number of hydrogen-bond acceptors (Lipinski definition) is 4. The van der Waals surface area contributed by atoms with E-state index in [2.05, 4.69) is 22.2 Å². The van der Waals surface area contributed by atoms with Crippen molar-refractivity contribution in [3.63, 3.8) is 0 Å². The predicted molar refractivity (Wildman–Crippen MR) is 102 cm³/mol. The zero-order valence-corrected chi connectivity index (χ0v) is 15.5. The van der Waals surface area contributed by atoms with Gasteiger partial charge in [0, 0.05) is 31.1 Å². The molecule has 5 nitrogen and oxygen atoms in total. The van der Waals surface area contributed by atoms with Crippen molar-refractivity contribution < 1.29 is 9.32 Å². The molecule has 1 aliphatic carbocycles. The van der Waals surface area contributed by atoms with Gasteiger partial charge in [0.1, 0.15) is 5.69 Å². The second-order valence-corrected chi connectivity index (χ2v) is 7.33. The standard InChI is InChI=1S/C21H27N3O2/c1-2-19(25)24(17-11-12-17)15-18-20(16-9-5-3-6-10-16)22-26-21(18)23-13-7-4-8-14-23/h3,5-6,9-10,17H,2,4,7-8,11-15H2,1H3. The van der Waals surface area contributed by atoms with E-state index in [1.54, 1.807) is 0 Å². The van der Waals surface area contributed by atoms with Crippen molar-refractivity contribution in [1.82, 2.24) is 10.1 Å². The topological polar surface area (TPSA) is 49.6 Å². The Morgan fingerprint density at radius 3 is 2.58 bits per heavy atom. The second kappa shape index (κ2) is 7.52. The van der Waals surface area contributed by atoms with Gasteiger partial charge in [0.05, 0.1) is 12.1 Å². The SMILES string of the molecule is CCC(=O)N(Cc1c(-c2ccccc2)noc1N1CCCCC1)C1CC1. The Kier molecular flexibility index (Phi) is 4.96. The molecule has 5 heteroatoms. The molecule has 2 aromatic rings. The normalized spacial score (nSPS) is 17.3. The van der Waals surface area contributed by atoms with Gasteiger partial charge >= 0.3 is 0 Å². The number of hydrogen-bond donors (Lipinski definition) is 0. The first-order valence-corrected chi connectivity index (χ1v) is 9.86. The van der Waals surface area contributed by atoms with Gasteiger partial charge in [0.25, 0.3) is 0 Å². The van der Waals surface area contributed by atoms with Crippen LogP contribution in [0.5, 0.6) is 0 Å². The van der Waals surface area contributed by atoms with E-state index in [-0.39, 0.29) is 5.91 Å². The van der Waals surface area contributed by atoms with Crippen molar-refractivity contribution in [2.24, 2.45) is 0 Å². The monoisotopic (exact) mass is 353 g/mol. The molecular weight excluding hydrogens is 326 g/mol. The lowest BCUT2D eigenvalue weighted by molar-refractivity contribution is -0.132. The zero-order valence-electron chi connectivity index (χ0n) is 15.5. The van der Waals surface area contributed by atoms with Crippen molar-refractivity contribution in [3.05, 3.63) is 35.9 Å². The summed E-state index contributed by atoms with van der Waals surface area (Å²) in [7, 11) is 0. The zero-order chi connectivity index (χ0) is 17.9. The molecule has 1 saturated carbocycles. The van der Waals surface area contributed by atoms with Gasteiger partial charge in [-0.3, -0.25) is 4.79 Å².